The lowest BCUT2D eigenvalue weighted by Gasteiger charge is -2.26. The van der Waals surface area contributed by atoms with Crippen LogP contribution in [0.4, 0.5) is 0 Å². The monoisotopic (exact) mass is 372 g/mol. The van der Waals surface area contributed by atoms with Crippen molar-refractivity contribution in [1.82, 2.24) is 0 Å². The summed E-state index contributed by atoms with van der Waals surface area (Å²) in [5.74, 6) is 0. The van der Waals surface area contributed by atoms with Crippen molar-refractivity contribution < 1.29 is 13.0 Å². The average Bonchev–Trinajstić information content (AvgIpc) is 2.52. The fourth-order valence-corrected chi connectivity index (χ4v) is 4.05. The van der Waals surface area contributed by atoms with E-state index in [1.807, 2.05) is 19.1 Å². The molecule has 0 spiro atoms. The maximum absolute atomic E-state index is 11.9. The Balaban J connectivity index is 2.47. The van der Waals surface area contributed by atoms with Crippen molar-refractivity contribution in [2.24, 2.45) is 0 Å². The van der Waals surface area contributed by atoms with Crippen LogP contribution in [0.3, 0.4) is 0 Å². The van der Waals surface area contributed by atoms with Gasteiger partial charge in [-0.25, -0.2) is 0 Å². The third kappa shape index (κ3) is 6.77. The van der Waals surface area contributed by atoms with Crippen LogP contribution in [0, 0.1) is 6.92 Å². The molecule has 0 saturated carbocycles. The van der Waals surface area contributed by atoms with Crippen LogP contribution in [0.1, 0.15) is 82.3 Å². The van der Waals surface area contributed by atoms with Gasteiger partial charge in [0.15, 0.2) is 4.08 Å². The molecule has 0 aliphatic carbocycles. The van der Waals surface area contributed by atoms with Crippen molar-refractivity contribution in [3.8, 4) is 0 Å². The lowest BCUT2D eigenvalue weighted by molar-refractivity contribution is 0.449. The number of aryl methyl sites for hydroxylation is 1. The Hall–Kier alpha value is -0.520. The number of rotatable bonds is 12. The van der Waals surface area contributed by atoms with Crippen molar-refractivity contribution in [1.29, 1.82) is 0 Å². The second kappa shape index (κ2) is 10.5. The predicted molar refractivity (Wildman–Crippen MR) is 105 cm³/mol. The Morgan fingerprint density at radius 2 is 1.38 bits per heavy atom. The molecule has 0 saturated heterocycles. The van der Waals surface area contributed by atoms with Gasteiger partial charge in [0.25, 0.3) is 10.1 Å². The van der Waals surface area contributed by atoms with Crippen LogP contribution < -0.4 is 0 Å². The standard InChI is InChI=1S/C19H32O3S2/c1-3-4-5-6-7-8-9-10-11-16-19(23,24(20,21)22)18-14-12-17(2)13-15-18/h12-15,23H,3-11,16H2,1-2H3,(H,20,21,22). The number of hydrogen-bond donors (Lipinski definition) is 2. The topological polar surface area (TPSA) is 54.4 Å². The maximum atomic E-state index is 11.9. The average molecular weight is 373 g/mol. The summed E-state index contributed by atoms with van der Waals surface area (Å²) < 4.78 is 31.9. The summed E-state index contributed by atoms with van der Waals surface area (Å²) in [6, 6.07) is 7.18. The minimum atomic E-state index is -4.27. The molecule has 0 aromatic heterocycles. The first kappa shape index (κ1) is 21.5. The summed E-state index contributed by atoms with van der Waals surface area (Å²) in [4.78, 5) is 0. The van der Waals surface area contributed by atoms with Gasteiger partial charge in [-0.1, -0.05) is 94.5 Å². The third-order valence-electron chi connectivity index (χ3n) is 4.55. The Labute approximate surface area is 153 Å². The second-order valence-electron chi connectivity index (χ2n) is 6.70. The minimum Gasteiger partial charge on any atom is -0.284 e. The van der Waals surface area contributed by atoms with Gasteiger partial charge < -0.3 is 0 Å². The molecule has 0 aliphatic heterocycles. The largest absolute Gasteiger partial charge is 0.284 e. The lowest BCUT2D eigenvalue weighted by Crippen LogP contribution is -2.29. The molecular formula is C19H32O3S2. The normalized spacial score (nSPS) is 14.5. The summed E-state index contributed by atoms with van der Waals surface area (Å²) in [5.41, 5.74) is 1.59. The molecule has 138 valence electrons. The molecule has 0 fully saturated rings. The van der Waals surface area contributed by atoms with Crippen LogP contribution in [0.2, 0.25) is 0 Å². The molecule has 1 unspecified atom stereocenters. The van der Waals surface area contributed by atoms with E-state index in [0.717, 1.165) is 24.8 Å². The van der Waals surface area contributed by atoms with E-state index in [4.69, 9.17) is 0 Å². The smallest absolute Gasteiger partial charge is 0.284 e. The molecule has 3 nitrogen and oxygen atoms in total. The quantitative estimate of drug-likeness (QED) is 0.273. The zero-order valence-corrected chi connectivity index (χ0v) is 16.7. The van der Waals surface area contributed by atoms with Crippen molar-refractivity contribution in [2.75, 3.05) is 0 Å². The van der Waals surface area contributed by atoms with E-state index in [1.54, 1.807) is 12.1 Å². The van der Waals surface area contributed by atoms with Gasteiger partial charge in [0, 0.05) is 0 Å². The molecule has 1 atom stereocenters. The Bertz CT molecular complexity index is 567. The van der Waals surface area contributed by atoms with Crippen LogP contribution in [-0.4, -0.2) is 13.0 Å². The number of benzene rings is 1. The van der Waals surface area contributed by atoms with Crippen molar-refractivity contribution >= 4 is 22.7 Å². The Kier molecular flexibility index (Phi) is 9.39. The second-order valence-corrected chi connectivity index (χ2v) is 9.42. The van der Waals surface area contributed by atoms with Crippen LogP contribution in [-0.2, 0) is 14.2 Å². The summed E-state index contributed by atoms with van der Waals surface area (Å²) in [6.07, 6.45) is 10.8. The molecule has 0 heterocycles. The highest BCUT2D eigenvalue weighted by molar-refractivity contribution is 8.02. The molecule has 5 heteroatoms. The van der Waals surface area contributed by atoms with Crippen LogP contribution in [0.25, 0.3) is 0 Å². The summed E-state index contributed by atoms with van der Waals surface area (Å²) >= 11 is 4.37. The van der Waals surface area contributed by atoms with Gasteiger partial charge in [-0.05, 0) is 18.9 Å². The van der Waals surface area contributed by atoms with Crippen molar-refractivity contribution in [3.63, 3.8) is 0 Å². The van der Waals surface area contributed by atoms with Gasteiger partial charge in [-0.3, -0.25) is 4.55 Å². The van der Waals surface area contributed by atoms with Crippen LogP contribution >= 0.6 is 12.6 Å². The van der Waals surface area contributed by atoms with Gasteiger partial charge in [0.2, 0.25) is 0 Å². The van der Waals surface area contributed by atoms with E-state index >= 15 is 0 Å². The number of hydrogen-bond acceptors (Lipinski definition) is 3. The fourth-order valence-electron chi connectivity index (χ4n) is 2.91. The van der Waals surface area contributed by atoms with Gasteiger partial charge in [-0.2, -0.15) is 8.42 Å². The highest BCUT2D eigenvalue weighted by Gasteiger charge is 2.40. The van der Waals surface area contributed by atoms with E-state index in [1.165, 1.54) is 38.5 Å². The summed E-state index contributed by atoms with van der Waals surface area (Å²) in [6.45, 7) is 4.16. The first-order chi connectivity index (χ1) is 11.3. The predicted octanol–water partition coefficient (Wildman–Crippen LogP) is 5.89. The Morgan fingerprint density at radius 1 is 0.917 bits per heavy atom. The van der Waals surface area contributed by atoms with E-state index in [9.17, 15) is 13.0 Å². The molecule has 1 N–H and O–H groups in total. The molecule has 0 radical (unpaired) electrons. The van der Waals surface area contributed by atoms with E-state index in [0.29, 0.717) is 12.0 Å². The van der Waals surface area contributed by atoms with Gasteiger partial charge in [0.1, 0.15) is 0 Å². The summed E-state index contributed by atoms with van der Waals surface area (Å²) in [5, 5.41) is 0. The van der Waals surface area contributed by atoms with E-state index < -0.39 is 14.2 Å². The molecule has 1 aromatic carbocycles. The van der Waals surface area contributed by atoms with Crippen LogP contribution in [0.5, 0.6) is 0 Å². The maximum Gasteiger partial charge on any atom is 0.284 e. The van der Waals surface area contributed by atoms with Gasteiger partial charge in [-0.15, -0.1) is 12.6 Å². The molecular weight excluding hydrogens is 340 g/mol. The highest BCUT2D eigenvalue weighted by Crippen LogP contribution is 2.39. The highest BCUT2D eigenvalue weighted by atomic mass is 32.3. The molecule has 0 amide bonds. The molecule has 0 aliphatic rings. The van der Waals surface area contributed by atoms with Gasteiger partial charge in [0.05, 0.1) is 0 Å². The lowest BCUT2D eigenvalue weighted by atomic mass is 10.0. The Morgan fingerprint density at radius 3 is 1.83 bits per heavy atom. The molecule has 24 heavy (non-hydrogen) atoms. The molecule has 1 rings (SSSR count). The fraction of sp³-hybridized carbons (Fsp3) is 0.684. The van der Waals surface area contributed by atoms with E-state index in [2.05, 4.69) is 19.6 Å². The van der Waals surface area contributed by atoms with Crippen LogP contribution in [0.15, 0.2) is 24.3 Å². The zero-order chi connectivity index (χ0) is 18.1. The van der Waals surface area contributed by atoms with Crippen molar-refractivity contribution in [3.05, 3.63) is 35.4 Å². The van der Waals surface area contributed by atoms with E-state index in [-0.39, 0.29) is 0 Å². The molecule has 0 bridgehead atoms. The van der Waals surface area contributed by atoms with Crippen molar-refractivity contribution in [2.45, 2.75) is 82.1 Å². The number of thiol groups is 1. The minimum absolute atomic E-state index is 0.327. The SMILES string of the molecule is CCCCCCCCCCCC(S)(c1ccc(C)cc1)S(=O)(=O)O. The zero-order valence-electron chi connectivity index (χ0n) is 15.0. The molecule has 1 aromatic rings. The third-order valence-corrected chi connectivity index (χ3v) is 7.02. The first-order valence-electron chi connectivity index (χ1n) is 9.08. The summed E-state index contributed by atoms with van der Waals surface area (Å²) in [7, 11) is -4.27. The number of unbranched alkanes of at least 4 members (excludes halogenated alkanes) is 8. The van der Waals surface area contributed by atoms with Gasteiger partial charge >= 0.3 is 0 Å². The first-order valence-corrected chi connectivity index (χ1v) is 11.0.